The number of alkyl halides is 3. The van der Waals surface area contributed by atoms with Crippen molar-refractivity contribution in [3.05, 3.63) is 69.8 Å². The maximum atomic E-state index is 12.9. The van der Waals surface area contributed by atoms with Crippen molar-refractivity contribution in [1.29, 1.82) is 0 Å². The SMILES string of the molecule is C[C@@H]1Cc2ccccc2N1Cc1nc2cc(C(F)(F)F)ccc2c(=O)[nH]1. The first-order valence-electron chi connectivity index (χ1n) is 8.27. The van der Waals surface area contributed by atoms with E-state index < -0.39 is 17.3 Å². The molecule has 0 amide bonds. The van der Waals surface area contributed by atoms with Crippen molar-refractivity contribution >= 4 is 16.6 Å². The van der Waals surface area contributed by atoms with Gasteiger partial charge in [-0.3, -0.25) is 4.79 Å². The molecule has 0 spiro atoms. The van der Waals surface area contributed by atoms with Crippen LogP contribution in [-0.2, 0) is 19.1 Å². The van der Waals surface area contributed by atoms with Gasteiger partial charge in [0.05, 0.1) is 23.0 Å². The van der Waals surface area contributed by atoms with E-state index in [0.29, 0.717) is 12.4 Å². The molecule has 0 fully saturated rings. The molecule has 4 nitrogen and oxygen atoms in total. The number of rotatable bonds is 2. The number of aromatic nitrogens is 2. The minimum atomic E-state index is -4.47. The van der Waals surface area contributed by atoms with E-state index in [1.807, 2.05) is 18.2 Å². The molecule has 0 aliphatic carbocycles. The number of nitrogens with zero attached hydrogens (tertiary/aromatic N) is 2. The van der Waals surface area contributed by atoms with E-state index in [9.17, 15) is 18.0 Å². The molecule has 0 saturated heterocycles. The summed E-state index contributed by atoms with van der Waals surface area (Å²) in [5.74, 6) is 0.352. The highest BCUT2D eigenvalue weighted by Gasteiger charge is 2.31. The summed E-state index contributed by atoms with van der Waals surface area (Å²) in [6, 6.07) is 11.2. The fourth-order valence-electron chi connectivity index (χ4n) is 3.47. The van der Waals surface area contributed by atoms with Gasteiger partial charge in [-0.1, -0.05) is 18.2 Å². The zero-order valence-corrected chi connectivity index (χ0v) is 14.0. The van der Waals surface area contributed by atoms with Crippen LogP contribution < -0.4 is 10.5 Å². The number of anilines is 1. The summed E-state index contributed by atoms with van der Waals surface area (Å²) in [6.45, 7) is 2.40. The second kappa shape index (κ2) is 5.86. The molecule has 1 N–H and O–H groups in total. The largest absolute Gasteiger partial charge is 0.416 e. The number of halogens is 3. The van der Waals surface area contributed by atoms with E-state index in [0.717, 1.165) is 24.2 Å². The van der Waals surface area contributed by atoms with Crippen LogP contribution in [0.1, 0.15) is 23.9 Å². The number of hydrogen-bond acceptors (Lipinski definition) is 3. The third-order valence-corrected chi connectivity index (χ3v) is 4.75. The Morgan fingerprint density at radius 3 is 2.77 bits per heavy atom. The molecule has 1 aliphatic rings. The van der Waals surface area contributed by atoms with Crippen LogP contribution in [0.15, 0.2) is 47.3 Å². The molecule has 4 rings (SSSR count). The number of hydrogen-bond donors (Lipinski definition) is 1. The van der Waals surface area contributed by atoms with Crippen molar-refractivity contribution in [2.24, 2.45) is 0 Å². The van der Waals surface area contributed by atoms with Crippen LogP contribution in [-0.4, -0.2) is 16.0 Å². The van der Waals surface area contributed by atoms with Gasteiger partial charge in [-0.15, -0.1) is 0 Å². The molecule has 134 valence electrons. The smallest absolute Gasteiger partial charge is 0.361 e. The van der Waals surface area contributed by atoms with Gasteiger partial charge in [0.1, 0.15) is 5.82 Å². The van der Waals surface area contributed by atoms with Crippen molar-refractivity contribution in [2.45, 2.75) is 32.1 Å². The van der Waals surface area contributed by atoms with Gasteiger partial charge in [-0.2, -0.15) is 13.2 Å². The fraction of sp³-hybridized carbons (Fsp3) is 0.263. The molecule has 0 saturated carbocycles. The van der Waals surface area contributed by atoms with E-state index in [2.05, 4.69) is 27.9 Å². The summed E-state index contributed by atoms with van der Waals surface area (Å²) in [4.78, 5) is 21.4. The van der Waals surface area contributed by atoms with E-state index in [1.54, 1.807) is 0 Å². The monoisotopic (exact) mass is 359 g/mol. The van der Waals surface area contributed by atoms with Crippen LogP contribution in [0.5, 0.6) is 0 Å². The summed E-state index contributed by atoms with van der Waals surface area (Å²) in [6.07, 6.45) is -3.59. The number of aromatic amines is 1. The Morgan fingerprint density at radius 1 is 1.23 bits per heavy atom. The minimum Gasteiger partial charge on any atom is -0.361 e. The van der Waals surface area contributed by atoms with Gasteiger partial charge in [0, 0.05) is 11.7 Å². The Labute approximate surface area is 147 Å². The van der Waals surface area contributed by atoms with Crippen LogP contribution in [0.3, 0.4) is 0 Å². The Morgan fingerprint density at radius 2 is 2.00 bits per heavy atom. The van der Waals surface area contributed by atoms with Crippen LogP contribution in [0, 0.1) is 0 Å². The van der Waals surface area contributed by atoms with Crippen molar-refractivity contribution in [2.75, 3.05) is 4.90 Å². The van der Waals surface area contributed by atoms with Crippen LogP contribution >= 0.6 is 0 Å². The number of H-pyrrole nitrogens is 1. The minimum absolute atomic E-state index is 0.0544. The lowest BCUT2D eigenvalue weighted by molar-refractivity contribution is -0.137. The molecule has 1 aliphatic heterocycles. The van der Waals surface area contributed by atoms with Crippen LogP contribution in [0.25, 0.3) is 10.9 Å². The van der Waals surface area contributed by atoms with Gasteiger partial charge in [0.15, 0.2) is 0 Å². The summed E-state index contributed by atoms with van der Waals surface area (Å²) >= 11 is 0. The molecular weight excluding hydrogens is 343 g/mol. The summed E-state index contributed by atoms with van der Waals surface area (Å²) in [5.41, 5.74) is 1.08. The lowest BCUT2D eigenvalue weighted by Crippen LogP contribution is -2.30. The first kappa shape index (κ1) is 16.6. The number of benzene rings is 2. The summed E-state index contributed by atoms with van der Waals surface area (Å²) in [5, 5.41) is 0.150. The summed E-state index contributed by atoms with van der Waals surface area (Å²) < 4.78 is 38.8. The van der Waals surface area contributed by atoms with Crippen LogP contribution in [0.4, 0.5) is 18.9 Å². The number of fused-ring (bicyclic) bond motifs is 2. The highest BCUT2D eigenvalue weighted by molar-refractivity contribution is 5.78. The van der Waals surface area contributed by atoms with Gasteiger partial charge >= 0.3 is 6.18 Å². The normalized spacial score (nSPS) is 16.9. The number of nitrogens with one attached hydrogen (secondary N) is 1. The molecule has 2 heterocycles. The van der Waals surface area contributed by atoms with Crippen LogP contribution in [0.2, 0.25) is 0 Å². The Kier molecular flexibility index (Phi) is 3.75. The lowest BCUT2D eigenvalue weighted by Gasteiger charge is -2.24. The van der Waals surface area contributed by atoms with Gasteiger partial charge in [-0.05, 0) is 43.2 Å². The van der Waals surface area contributed by atoms with Crippen molar-refractivity contribution < 1.29 is 13.2 Å². The third kappa shape index (κ3) is 2.83. The van der Waals surface area contributed by atoms with Crippen molar-refractivity contribution in [1.82, 2.24) is 9.97 Å². The van der Waals surface area contributed by atoms with Gasteiger partial charge in [-0.25, -0.2) is 4.98 Å². The zero-order chi connectivity index (χ0) is 18.5. The predicted octanol–water partition coefficient (Wildman–Crippen LogP) is 3.89. The average Bonchev–Trinajstić information content (AvgIpc) is 2.89. The maximum absolute atomic E-state index is 12.9. The second-order valence-electron chi connectivity index (χ2n) is 6.55. The van der Waals surface area contributed by atoms with E-state index >= 15 is 0 Å². The molecule has 2 aromatic carbocycles. The zero-order valence-electron chi connectivity index (χ0n) is 14.0. The standard InChI is InChI=1S/C19H16F3N3O/c1-11-8-12-4-2-3-5-16(12)25(11)10-17-23-15-9-13(19(20,21)22)6-7-14(15)18(26)24-17/h2-7,9,11H,8,10H2,1H3,(H,23,24,26)/t11-/m1/s1. The molecule has 0 radical (unpaired) electrons. The molecule has 1 atom stereocenters. The topological polar surface area (TPSA) is 49.0 Å². The van der Waals surface area contributed by atoms with Crippen molar-refractivity contribution in [3.8, 4) is 0 Å². The average molecular weight is 359 g/mol. The highest BCUT2D eigenvalue weighted by Crippen LogP contribution is 2.33. The molecule has 0 unspecified atom stereocenters. The van der Waals surface area contributed by atoms with Crippen molar-refractivity contribution in [3.63, 3.8) is 0 Å². The quantitative estimate of drug-likeness (QED) is 0.755. The van der Waals surface area contributed by atoms with Gasteiger partial charge in [0.2, 0.25) is 0 Å². The second-order valence-corrected chi connectivity index (χ2v) is 6.55. The summed E-state index contributed by atoms with van der Waals surface area (Å²) in [7, 11) is 0. The van der Waals surface area contributed by atoms with E-state index in [4.69, 9.17) is 0 Å². The van der Waals surface area contributed by atoms with Gasteiger partial charge < -0.3 is 9.88 Å². The number of para-hydroxylation sites is 1. The molecule has 0 bridgehead atoms. The molecular formula is C19H16F3N3O. The third-order valence-electron chi connectivity index (χ3n) is 4.75. The predicted molar refractivity (Wildman–Crippen MR) is 93.2 cm³/mol. The Hall–Kier alpha value is -2.83. The lowest BCUT2D eigenvalue weighted by atomic mass is 10.1. The molecule has 7 heteroatoms. The van der Waals surface area contributed by atoms with E-state index in [1.165, 1.54) is 11.6 Å². The molecule has 1 aromatic heterocycles. The first-order valence-corrected chi connectivity index (χ1v) is 8.27. The first-order chi connectivity index (χ1) is 12.3. The maximum Gasteiger partial charge on any atom is 0.416 e. The highest BCUT2D eigenvalue weighted by atomic mass is 19.4. The Balaban J connectivity index is 1.74. The molecule has 3 aromatic rings. The fourth-order valence-corrected chi connectivity index (χ4v) is 3.47. The molecule has 26 heavy (non-hydrogen) atoms. The van der Waals surface area contributed by atoms with Gasteiger partial charge in [0.25, 0.3) is 5.56 Å². The Bertz CT molecular complexity index is 1040. The van der Waals surface area contributed by atoms with E-state index in [-0.39, 0.29) is 16.9 Å².